The minimum absolute atomic E-state index is 0.0471. The maximum absolute atomic E-state index is 9.62. The summed E-state index contributed by atoms with van der Waals surface area (Å²) in [5.41, 5.74) is 0. The average molecular weight is 459 g/mol. The smallest absolute Gasteiger partial charge is 0.192 e. The van der Waals surface area contributed by atoms with Crippen molar-refractivity contribution < 1.29 is 14.3 Å². The first kappa shape index (κ1) is 31.1. The number of unbranched alkanes of at least 4 members (excludes halogenated alkanes) is 15. The van der Waals surface area contributed by atoms with Crippen LogP contribution in [0.5, 0.6) is 0 Å². The van der Waals surface area contributed by atoms with Crippen molar-refractivity contribution in [3.8, 4) is 0 Å². The Bertz CT molecular complexity index is 379. The van der Waals surface area contributed by atoms with E-state index in [9.17, 15) is 5.11 Å². The third-order valence-corrected chi connectivity index (χ3v) is 11.5. The van der Waals surface area contributed by atoms with Gasteiger partial charge in [0.1, 0.15) is 0 Å². The van der Waals surface area contributed by atoms with Gasteiger partial charge in [-0.1, -0.05) is 124 Å². The van der Waals surface area contributed by atoms with Crippen LogP contribution in [0.2, 0.25) is 18.1 Å². The number of ether oxygens (including phenoxy) is 1. The van der Waals surface area contributed by atoms with Crippen molar-refractivity contribution in [2.75, 3.05) is 19.8 Å². The first-order chi connectivity index (χ1) is 14.7. The highest BCUT2D eigenvalue weighted by molar-refractivity contribution is 6.74. The molecule has 0 rings (SSSR count). The summed E-state index contributed by atoms with van der Waals surface area (Å²) >= 11 is 0. The topological polar surface area (TPSA) is 38.7 Å². The van der Waals surface area contributed by atoms with Gasteiger partial charge in [0.25, 0.3) is 0 Å². The summed E-state index contributed by atoms with van der Waals surface area (Å²) in [7, 11) is -1.84. The van der Waals surface area contributed by atoms with Crippen LogP contribution in [0.3, 0.4) is 0 Å². The van der Waals surface area contributed by atoms with Gasteiger partial charge >= 0.3 is 0 Å². The van der Waals surface area contributed by atoms with E-state index >= 15 is 0 Å². The van der Waals surface area contributed by atoms with Crippen molar-refractivity contribution in [2.24, 2.45) is 0 Å². The number of hydrogen-bond acceptors (Lipinski definition) is 3. The van der Waals surface area contributed by atoms with Crippen LogP contribution in [-0.4, -0.2) is 39.3 Å². The maximum atomic E-state index is 9.62. The minimum atomic E-state index is -1.84. The Morgan fingerprint density at radius 3 is 1.42 bits per heavy atom. The third kappa shape index (κ3) is 18.2. The van der Waals surface area contributed by atoms with E-state index in [1.54, 1.807) is 0 Å². The normalized spacial score (nSPS) is 13.6. The molecule has 188 valence electrons. The van der Waals surface area contributed by atoms with Crippen LogP contribution in [0.1, 0.15) is 130 Å². The predicted octanol–water partition coefficient (Wildman–Crippen LogP) is 8.65. The molecule has 0 aliphatic rings. The summed E-state index contributed by atoms with van der Waals surface area (Å²) in [6.07, 6.45) is 22.0. The quantitative estimate of drug-likeness (QED) is 0.130. The largest absolute Gasteiger partial charge is 0.409 e. The standard InChI is InChI=1S/C27H58O3Si/c1-7-8-9-10-11-12-13-14-15-16-17-18-19-20-21-22-23-29-25-26(24-28)30-31(5,6)27(2,3)4/h26,28H,7-25H2,1-6H3/t26-/m0/s1. The Labute approximate surface area is 197 Å². The Balaban J connectivity index is 3.41. The molecule has 0 unspecified atom stereocenters. The third-order valence-electron chi connectivity index (χ3n) is 6.92. The van der Waals surface area contributed by atoms with Gasteiger partial charge in [-0.25, -0.2) is 0 Å². The van der Waals surface area contributed by atoms with E-state index in [0.29, 0.717) is 6.61 Å². The zero-order valence-corrected chi connectivity index (χ0v) is 23.3. The van der Waals surface area contributed by atoms with Gasteiger partial charge in [-0.2, -0.15) is 0 Å². The second-order valence-electron chi connectivity index (χ2n) is 11.1. The highest BCUT2D eigenvalue weighted by atomic mass is 28.4. The molecule has 1 N–H and O–H groups in total. The van der Waals surface area contributed by atoms with Gasteiger partial charge in [0.05, 0.1) is 19.3 Å². The van der Waals surface area contributed by atoms with Crippen LogP contribution in [0.4, 0.5) is 0 Å². The van der Waals surface area contributed by atoms with Crippen LogP contribution in [0.25, 0.3) is 0 Å². The van der Waals surface area contributed by atoms with Crippen LogP contribution in [-0.2, 0) is 9.16 Å². The Kier molecular flexibility index (Phi) is 19.6. The fourth-order valence-corrected chi connectivity index (χ4v) is 5.01. The first-order valence-electron chi connectivity index (χ1n) is 13.6. The summed E-state index contributed by atoms with van der Waals surface area (Å²) in [5, 5.41) is 9.78. The molecule has 0 aliphatic carbocycles. The van der Waals surface area contributed by atoms with Crippen molar-refractivity contribution in [1.82, 2.24) is 0 Å². The number of aliphatic hydroxyl groups is 1. The summed E-state index contributed by atoms with van der Waals surface area (Å²) in [6.45, 7) is 14.8. The van der Waals surface area contributed by atoms with Crippen molar-refractivity contribution in [3.05, 3.63) is 0 Å². The highest BCUT2D eigenvalue weighted by Gasteiger charge is 2.39. The number of aliphatic hydroxyl groups excluding tert-OH is 1. The molecule has 0 fully saturated rings. The van der Waals surface area contributed by atoms with Crippen molar-refractivity contribution in [1.29, 1.82) is 0 Å². The first-order valence-corrected chi connectivity index (χ1v) is 16.5. The van der Waals surface area contributed by atoms with Gasteiger partial charge in [0.2, 0.25) is 0 Å². The SMILES string of the molecule is CCCCCCCCCCCCCCCCCCOC[C@H](CO)O[Si](C)(C)C(C)(C)C. The molecular formula is C27H58O3Si. The predicted molar refractivity (Wildman–Crippen MR) is 140 cm³/mol. The van der Waals surface area contributed by atoms with Crippen molar-refractivity contribution >= 4 is 8.32 Å². The Morgan fingerprint density at radius 1 is 0.677 bits per heavy atom. The van der Waals surface area contributed by atoms with Crippen LogP contribution >= 0.6 is 0 Å². The highest BCUT2D eigenvalue weighted by Crippen LogP contribution is 2.37. The Morgan fingerprint density at radius 2 is 1.06 bits per heavy atom. The lowest BCUT2D eigenvalue weighted by molar-refractivity contribution is 0.0119. The summed E-state index contributed by atoms with van der Waals surface area (Å²) in [5.74, 6) is 0. The summed E-state index contributed by atoms with van der Waals surface area (Å²) in [6, 6.07) is 0. The van der Waals surface area contributed by atoms with E-state index in [1.165, 1.54) is 96.3 Å². The molecule has 0 radical (unpaired) electrons. The van der Waals surface area contributed by atoms with Gasteiger partial charge in [0, 0.05) is 6.61 Å². The molecule has 0 bridgehead atoms. The van der Waals surface area contributed by atoms with E-state index in [-0.39, 0.29) is 17.7 Å². The maximum Gasteiger partial charge on any atom is 0.192 e. The zero-order chi connectivity index (χ0) is 23.4. The fourth-order valence-electron chi connectivity index (χ4n) is 3.68. The molecule has 1 atom stereocenters. The molecule has 0 spiro atoms. The molecule has 0 saturated carbocycles. The minimum Gasteiger partial charge on any atom is -0.409 e. The average Bonchev–Trinajstić information content (AvgIpc) is 2.71. The lowest BCUT2D eigenvalue weighted by atomic mass is 10.0. The molecule has 0 aromatic rings. The van der Waals surface area contributed by atoms with Crippen LogP contribution in [0.15, 0.2) is 0 Å². The zero-order valence-electron chi connectivity index (χ0n) is 22.3. The molecular weight excluding hydrogens is 400 g/mol. The molecule has 0 aromatic heterocycles. The molecule has 0 aliphatic heterocycles. The fraction of sp³-hybridized carbons (Fsp3) is 1.00. The van der Waals surface area contributed by atoms with E-state index in [4.69, 9.17) is 9.16 Å². The second-order valence-corrected chi connectivity index (χ2v) is 15.8. The molecule has 31 heavy (non-hydrogen) atoms. The van der Waals surface area contributed by atoms with E-state index < -0.39 is 8.32 Å². The molecule has 0 amide bonds. The van der Waals surface area contributed by atoms with Crippen LogP contribution in [0, 0.1) is 0 Å². The lowest BCUT2D eigenvalue weighted by Crippen LogP contribution is -2.46. The van der Waals surface area contributed by atoms with E-state index in [1.807, 2.05) is 0 Å². The van der Waals surface area contributed by atoms with Gasteiger partial charge in [-0.15, -0.1) is 0 Å². The van der Waals surface area contributed by atoms with E-state index in [0.717, 1.165) is 13.0 Å². The molecule has 0 saturated heterocycles. The van der Waals surface area contributed by atoms with E-state index in [2.05, 4.69) is 40.8 Å². The van der Waals surface area contributed by atoms with Gasteiger partial charge in [-0.3, -0.25) is 0 Å². The second kappa shape index (κ2) is 19.6. The van der Waals surface area contributed by atoms with Gasteiger partial charge in [0.15, 0.2) is 8.32 Å². The molecule has 4 heteroatoms. The van der Waals surface area contributed by atoms with Crippen LogP contribution < -0.4 is 0 Å². The monoisotopic (exact) mass is 458 g/mol. The van der Waals surface area contributed by atoms with Gasteiger partial charge < -0.3 is 14.3 Å². The lowest BCUT2D eigenvalue weighted by Gasteiger charge is -2.38. The molecule has 3 nitrogen and oxygen atoms in total. The molecule has 0 heterocycles. The van der Waals surface area contributed by atoms with Crippen molar-refractivity contribution in [2.45, 2.75) is 155 Å². The summed E-state index contributed by atoms with van der Waals surface area (Å²) < 4.78 is 12.1. The van der Waals surface area contributed by atoms with Gasteiger partial charge in [-0.05, 0) is 24.6 Å². The number of hydrogen-bond donors (Lipinski definition) is 1. The Hall–Kier alpha value is 0.0969. The summed E-state index contributed by atoms with van der Waals surface area (Å²) in [4.78, 5) is 0. The number of rotatable bonds is 22. The van der Waals surface area contributed by atoms with Crippen molar-refractivity contribution in [3.63, 3.8) is 0 Å². The molecule has 0 aromatic carbocycles.